The van der Waals surface area contributed by atoms with Gasteiger partial charge in [-0.05, 0) is 6.42 Å². The van der Waals surface area contributed by atoms with Gasteiger partial charge >= 0.3 is 0 Å². The Morgan fingerprint density at radius 3 is 2.67 bits per heavy atom. The van der Waals surface area contributed by atoms with Crippen LogP contribution >= 0.6 is 12.2 Å². The fourth-order valence-electron chi connectivity index (χ4n) is 0.483. The Labute approximate surface area is 59.6 Å². The van der Waals surface area contributed by atoms with Crippen LogP contribution in [0.25, 0.3) is 0 Å². The minimum Gasteiger partial charge on any atom is -0.392 e. The second-order valence-electron chi connectivity index (χ2n) is 1.65. The van der Waals surface area contributed by atoms with E-state index in [1.165, 1.54) is 0 Å². The molecule has 4 heteroatoms. The molecule has 0 aromatic rings. The first-order valence-electron chi connectivity index (χ1n) is 2.71. The lowest BCUT2D eigenvalue weighted by molar-refractivity contribution is -0.109. The molecule has 0 spiro atoms. The van der Waals surface area contributed by atoms with E-state index < -0.39 is 0 Å². The lowest BCUT2D eigenvalue weighted by Gasteiger charge is -2.09. The predicted octanol–water partition coefficient (Wildman–Crippen LogP) is -0.203. The van der Waals surface area contributed by atoms with Crippen molar-refractivity contribution in [2.24, 2.45) is 5.73 Å². The second-order valence-corrected chi connectivity index (χ2v) is 2.12. The molecule has 0 aromatic heterocycles. The van der Waals surface area contributed by atoms with Crippen LogP contribution in [-0.2, 0) is 4.79 Å². The summed E-state index contributed by atoms with van der Waals surface area (Å²) in [5.41, 5.74) is 5.24. The van der Waals surface area contributed by atoms with E-state index in [1.54, 1.807) is 0 Å². The van der Waals surface area contributed by atoms with Crippen molar-refractivity contribution < 1.29 is 4.79 Å². The quantitative estimate of drug-likeness (QED) is 0.426. The van der Waals surface area contributed by atoms with Gasteiger partial charge in [-0.3, -0.25) is 4.79 Å². The average Bonchev–Trinajstić information content (AvgIpc) is 1.82. The predicted molar refractivity (Wildman–Crippen MR) is 40.1 cm³/mol. The van der Waals surface area contributed by atoms with Gasteiger partial charge < -0.3 is 11.1 Å². The smallest absolute Gasteiger partial charge is 0.207 e. The molecule has 0 bridgehead atoms. The first-order chi connectivity index (χ1) is 4.22. The average molecular weight is 146 g/mol. The van der Waals surface area contributed by atoms with E-state index in [0.717, 1.165) is 6.42 Å². The molecule has 1 unspecified atom stereocenters. The summed E-state index contributed by atoms with van der Waals surface area (Å²) in [7, 11) is 0. The van der Waals surface area contributed by atoms with Crippen LogP contribution in [-0.4, -0.2) is 17.4 Å². The highest BCUT2D eigenvalue weighted by atomic mass is 32.1. The van der Waals surface area contributed by atoms with Crippen molar-refractivity contribution in [3.8, 4) is 0 Å². The van der Waals surface area contributed by atoms with E-state index in [9.17, 15) is 4.79 Å². The molecule has 52 valence electrons. The van der Waals surface area contributed by atoms with E-state index >= 15 is 0 Å². The highest BCUT2D eigenvalue weighted by molar-refractivity contribution is 7.80. The Bertz CT molecular complexity index is 116. The molecule has 1 amide bonds. The number of hydrogen-bond donors (Lipinski definition) is 2. The zero-order valence-electron chi connectivity index (χ0n) is 5.26. The van der Waals surface area contributed by atoms with Crippen LogP contribution in [0.3, 0.4) is 0 Å². The molecule has 0 rings (SSSR count). The normalized spacial score (nSPS) is 12.1. The van der Waals surface area contributed by atoms with Gasteiger partial charge in [0.05, 0.1) is 11.0 Å². The minimum atomic E-state index is -0.141. The Kier molecular flexibility index (Phi) is 3.96. The third-order valence-corrected chi connectivity index (χ3v) is 1.31. The Morgan fingerprint density at radius 1 is 2.00 bits per heavy atom. The zero-order chi connectivity index (χ0) is 7.28. The summed E-state index contributed by atoms with van der Waals surface area (Å²) in [4.78, 5) is 10.2. The van der Waals surface area contributed by atoms with Crippen molar-refractivity contribution in [2.75, 3.05) is 0 Å². The molecule has 0 saturated heterocycles. The lowest BCUT2D eigenvalue weighted by Crippen LogP contribution is -2.38. The van der Waals surface area contributed by atoms with Crippen LogP contribution in [0.1, 0.15) is 13.3 Å². The summed E-state index contributed by atoms with van der Waals surface area (Å²) >= 11 is 4.64. The summed E-state index contributed by atoms with van der Waals surface area (Å²) in [6.45, 7) is 1.90. The van der Waals surface area contributed by atoms with Gasteiger partial charge in [-0.1, -0.05) is 19.1 Å². The summed E-state index contributed by atoms with van der Waals surface area (Å²) in [5, 5.41) is 2.48. The number of rotatable bonds is 4. The largest absolute Gasteiger partial charge is 0.392 e. The van der Waals surface area contributed by atoms with Gasteiger partial charge in [-0.15, -0.1) is 0 Å². The van der Waals surface area contributed by atoms with Crippen LogP contribution in [0, 0.1) is 0 Å². The number of nitrogens with one attached hydrogen (secondary N) is 1. The fraction of sp³-hybridized carbons (Fsp3) is 0.600. The van der Waals surface area contributed by atoms with Crippen LogP contribution in [0.4, 0.5) is 0 Å². The molecule has 3 nitrogen and oxygen atoms in total. The Balaban J connectivity index is 3.67. The van der Waals surface area contributed by atoms with Crippen molar-refractivity contribution in [3.63, 3.8) is 0 Å². The molecular weight excluding hydrogens is 136 g/mol. The highest BCUT2D eigenvalue weighted by Gasteiger charge is 2.04. The fourth-order valence-corrected chi connectivity index (χ4v) is 0.718. The van der Waals surface area contributed by atoms with Gasteiger partial charge in [0.2, 0.25) is 6.41 Å². The Hall–Kier alpha value is -0.640. The summed E-state index contributed by atoms with van der Waals surface area (Å²) in [5.74, 6) is 0. The zero-order valence-corrected chi connectivity index (χ0v) is 6.07. The van der Waals surface area contributed by atoms with Gasteiger partial charge in [0.15, 0.2) is 0 Å². The number of carbonyl (C=O) groups excluding carboxylic acids is 1. The molecule has 1 atom stereocenters. The van der Waals surface area contributed by atoms with E-state index in [2.05, 4.69) is 17.5 Å². The molecule has 3 N–H and O–H groups in total. The summed E-state index contributed by atoms with van der Waals surface area (Å²) in [6.07, 6.45) is 1.35. The second kappa shape index (κ2) is 4.26. The number of amides is 1. The topological polar surface area (TPSA) is 55.1 Å². The number of thiocarbonyl (C=S) groups is 1. The Morgan fingerprint density at radius 2 is 2.56 bits per heavy atom. The third-order valence-electron chi connectivity index (χ3n) is 1.02. The maximum Gasteiger partial charge on any atom is 0.207 e. The number of nitrogens with two attached hydrogens (primary N) is 1. The van der Waals surface area contributed by atoms with Gasteiger partial charge in [0.1, 0.15) is 0 Å². The van der Waals surface area contributed by atoms with Crippen molar-refractivity contribution in [3.05, 3.63) is 0 Å². The van der Waals surface area contributed by atoms with Gasteiger partial charge in [0.25, 0.3) is 0 Å². The van der Waals surface area contributed by atoms with Gasteiger partial charge in [-0.2, -0.15) is 0 Å². The molecule has 0 fully saturated rings. The number of hydrogen-bond acceptors (Lipinski definition) is 2. The van der Waals surface area contributed by atoms with Crippen molar-refractivity contribution in [2.45, 2.75) is 19.4 Å². The highest BCUT2D eigenvalue weighted by Crippen LogP contribution is 1.87. The summed E-state index contributed by atoms with van der Waals surface area (Å²) < 4.78 is 0. The van der Waals surface area contributed by atoms with Crippen LogP contribution < -0.4 is 11.1 Å². The van der Waals surface area contributed by atoms with E-state index in [-0.39, 0.29) is 6.04 Å². The van der Waals surface area contributed by atoms with E-state index in [0.29, 0.717) is 11.4 Å². The van der Waals surface area contributed by atoms with E-state index in [1.807, 2.05) is 6.92 Å². The lowest BCUT2D eigenvalue weighted by atomic mass is 10.2. The molecule has 0 aromatic carbocycles. The van der Waals surface area contributed by atoms with Gasteiger partial charge in [-0.25, -0.2) is 0 Å². The van der Waals surface area contributed by atoms with Crippen LogP contribution in [0.2, 0.25) is 0 Å². The van der Waals surface area contributed by atoms with Crippen molar-refractivity contribution in [1.29, 1.82) is 0 Å². The molecule has 0 aliphatic rings. The van der Waals surface area contributed by atoms with Crippen molar-refractivity contribution in [1.82, 2.24) is 5.32 Å². The molecule has 0 saturated carbocycles. The van der Waals surface area contributed by atoms with Crippen LogP contribution in [0.15, 0.2) is 0 Å². The SMILES string of the molecule is CCC(NC=O)C(N)=S. The van der Waals surface area contributed by atoms with Crippen molar-refractivity contribution >= 4 is 23.6 Å². The maximum atomic E-state index is 9.85. The standard InChI is InChI=1S/C5H10N2OS/c1-2-4(5(6)9)7-3-8/h3-4H,2H2,1H3,(H2,6,9)(H,7,8). The first kappa shape index (κ1) is 8.36. The van der Waals surface area contributed by atoms with Crippen LogP contribution in [0.5, 0.6) is 0 Å². The molecule has 0 radical (unpaired) electrons. The van der Waals surface area contributed by atoms with Gasteiger partial charge in [0, 0.05) is 0 Å². The van der Waals surface area contributed by atoms with E-state index in [4.69, 9.17) is 5.73 Å². The molecule has 0 heterocycles. The number of carbonyl (C=O) groups is 1. The first-order valence-corrected chi connectivity index (χ1v) is 3.12. The maximum absolute atomic E-state index is 9.85. The monoisotopic (exact) mass is 146 g/mol. The molecule has 0 aliphatic heterocycles. The molecular formula is C5H10N2OS. The molecule has 0 aliphatic carbocycles. The summed E-state index contributed by atoms with van der Waals surface area (Å²) in [6, 6.07) is -0.141. The minimum absolute atomic E-state index is 0.141. The molecule has 9 heavy (non-hydrogen) atoms. The third kappa shape index (κ3) is 3.03.